The number of H-pyrrole nitrogens is 1. The summed E-state index contributed by atoms with van der Waals surface area (Å²) in [6, 6.07) is 9.44. The van der Waals surface area contributed by atoms with E-state index in [4.69, 9.17) is 0 Å². The molecule has 25 heavy (non-hydrogen) atoms. The van der Waals surface area contributed by atoms with Crippen molar-refractivity contribution in [3.8, 4) is 21.4 Å². The molecular weight excluding hydrogens is 356 g/mol. The second-order valence-electron chi connectivity index (χ2n) is 5.09. The van der Waals surface area contributed by atoms with Gasteiger partial charge in [-0.1, -0.05) is 12.1 Å². The van der Waals surface area contributed by atoms with Gasteiger partial charge in [0.15, 0.2) is 5.82 Å². The van der Waals surface area contributed by atoms with Crippen molar-refractivity contribution in [3.05, 3.63) is 52.5 Å². The van der Waals surface area contributed by atoms with E-state index in [1.165, 1.54) is 11.3 Å². The highest BCUT2D eigenvalue weighted by Gasteiger charge is 2.18. The van der Waals surface area contributed by atoms with Gasteiger partial charge in [0, 0.05) is 6.20 Å². The standard InChI is InChI=1S/C16H12N6OS2/c1-9-12(25-15(18-9)11-6-4-8-24-11)14(23)20-16-19-13(21-22-16)10-5-2-3-7-17-10/h2-8H,1H3,(H2,19,20,21,22,23). The Labute approximate surface area is 150 Å². The fraction of sp³-hybridized carbons (Fsp3) is 0.0625. The molecule has 7 nitrogen and oxygen atoms in total. The van der Waals surface area contributed by atoms with Gasteiger partial charge in [0.05, 0.1) is 10.6 Å². The lowest BCUT2D eigenvalue weighted by molar-refractivity contribution is 0.102. The van der Waals surface area contributed by atoms with Crippen molar-refractivity contribution in [2.75, 3.05) is 5.32 Å². The third-order valence-corrected chi connectivity index (χ3v) is 5.55. The predicted octanol–water partition coefficient (Wildman–Crippen LogP) is 3.61. The number of rotatable bonds is 4. The van der Waals surface area contributed by atoms with Crippen LogP contribution in [0.2, 0.25) is 0 Å². The molecule has 4 aromatic rings. The van der Waals surface area contributed by atoms with Crippen LogP contribution in [0.25, 0.3) is 21.4 Å². The Kier molecular flexibility index (Phi) is 4.08. The largest absolute Gasteiger partial charge is 0.288 e. The molecule has 1 amide bonds. The number of aryl methyl sites for hydroxylation is 1. The summed E-state index contributed by atoms with van der Waals surface area (Å²) < 4.78 is 0. The number of anilines is 1. The normalized spacial score (nSPS) is 10.8. The van der Waals surface area contributed by atoms with Crippen LogP contribution in [-0.4, -0.2) is 31.1 Å². The maximum Gasteiger partial charge on any atom is 0.270 e. The quantitative estimate of drug-likeness (QED) is 0.573. The summed E-state index contributed by atoms with van der Waals surface area (Å²) in [5, 5.41) is 12.3. The summed E-state index contributed by atoms with van der Waals surface area (Å²) in [6.45, 7) is 1.82. The summed E-state index contributed by atoms with van der Waals surface area (Å²) in [5.74, 6) is 0.428. The van der Waals surface area contributed by atoms with Crippen LogP contribution in [-0.2, 0) is 0 Å². The van der Waals surface area contributed by atoms with Crippen molar-refractivity contribution < 1.29 is 4.79 Å². The Hall–Kier alpha value is -2.91. The topological polar surface area (TPSA) is 96.5 Å². The minimum Gasteiger partial charge on any atom is -0.288 e. The monoisotopic (exact) mass is 368 g/mol. The fourth-order valence-corrected chi connectivity index (χ4v) is 3.96. The molecular formula is C16H12N6OS2. The van der Waals surface area contributed by atoms with Crippen LogP contribution in [0.1, 0.15) is 15.4 Å². The van der Waals surface area contributed by atoms with E-state index in [2.05, 4.69) is 30.5 Å². The maximum absolute atomic E-state index is 12.5. The summed E-state index contributed by atoms with van der Waals surface area (Å²) in [7, 11) is 0. The molecule has 0 aliphatic heterocycles. The number of hydrogen-bond acceptors (Lipinski definition) is 7. The Morgan fingerprint density at radius 3 is 2.88 bits per heavy atom. The van der Waals surface area contributed by atoms with Crippen molar-refractivity contribution in [1.82, 2.24) is 25.1 Å². The number of thiazole rings is 1. The summed E-state index contributed by atoms with van der Waals surface area (Å²) in [4.78, 5) is 27.0. The minimum absolute atomic E-state index is 0.205. The predicted molar refractivity (Wildman–Crippen MR) is 97.7 cm³/mol. The molecule has 0 saturated carbocycles. The molecule has 4 aromatic heterocycles. The zero-order valence-corrected chi connectivity index (χ0v) is 14.7. The SMILES string of the molecule is Cc1nc(-c2cccs2)sc1C(=O)Nc1n[nH]c(-c2ccccn2)n1. The lowest BCUT2D eigenvalue weighted by atomic mass is 10.3. The Morgan fingerprint density at radius 1 is 1.20 bits per heavy atom. The van der Waals surface area contributed by atoms with Crippen molar-refractivity contribution >= 4 is 34.5 Å². The van der Waals surface area contributed by atoms with Crippen LogP contribution in [0.15, 0.2) is 41.9 Å². The Balaban J connectivity index is 1.54. The van der Waals surface area contributed by atoms with Crippen molar-refractivity contribution in [2.45, 2.75) is 6.92 Å². The van der Waals surface area contributed by atoms with Gasteiger partial charge in [0.2, 0.25) is 5.95 Å². The van der Waals surface area contributed by atoms with Crippen molar-refractivity contribution in [3.63, 3.8) is 0 Å². The highest BCUT2D eigenvalue weighted by Crippen LogP contribution is 2.31. The Bertz CT molecular complexity index is 1010. The number of carbonyl (C=O) groups excluding carboxylic acids is 1. The highest BCUT2D eigenvalue weighted by atomic mass is 32.1. The van der Waals surface area contributed by atoms with Crippen LogP contribution in [0.5, 0.6) is 0 Å². The number of aromatic amines is 1. The van der Waals surface area contributed by atoms with E-state index in [1.54, 1.807) is 17.5 Å². The molecule has 0 bridgehead atoms. The molecule has 0 unspecified atom stereocenters. The lowest BCUT2D eigenvalue weighted by Gasteiger charge is -1.97. The number of thiophene rings is 1. The molecule has 0 saturated heterocycles. The van der Waals surface area contributed by atoms with E-state index >= 15 is 0 Å². The van der Waals surface area contributed by atoms with Gasteiger partial charge in [-0.3, -0.25) is 20.2 Å². The van der Waals surface area contributed by atoms with E-state index in [1.807, 2.05) is 42.6 Å². The van der Waals surface area contributed by atoms with Gasteiger partial charge in [0.25, 0.3) is 5.91 Å². The molecule has 4 rings (SSSR count). The smallest absolute Gasteiger partial charge is 0.270 e. The van der Waals surface area contributed by atoms with Crippen LogP contribution in [0.4, 0.5) is 5.95 Å². The number of amides is 1. The van der Waals surface area contributed by atoms with Gasteiger partial charge < -0.3 is 0 Å². The molecule has 0 aliphatic carbocycles. The van der Waals surface area contributed by atoms with Gasteiger partial charge >= 0.3 is 0 Å². The lowest BCUT2D eigenvalue weighted by Crippen LogP contribution is -2.12. The number of nitrogens with one attached hydrogen (secondary N) is 2. The zero-order valence-electron chi connectivity index (χ0n) is 13.1. The summed E-state index contributed by atoms with van der Waals surface area (Å²) in [5.41, 5.74) is 1.34. The van der Waals surface area contributed by atoms with E-state index in [0.29, 0.717) is 22.1 Å². The van der Waals surface area contributed by atoms with Crippen molar-refractivity contribution in [1.29, 1.82) is 0 Å². The van der Waals surface area contributed by atoms with E-state index < -0.39 is 0 Å². The molecule has 0 radical (unpaired) electrons. The molecule has 2 N–H and O–H groups in total. The fourth-order valence-electron chi connectivity index (χ4n) is 2.21. The molecule has 0 aliphatic rings. The molecule has 0 atom stereocenters. The van der Waals surface area contributed by atoms with Crippen LogP contribution in [0, 0.1) is 6.92 Å². The van der Waals surface area contributed by atoms with Gasteiger partial charge in [-0.15, -0.1) is 27.8 Å². The number of nitrogens with zero attached hydrogens (tertiary/aromatic N) is 4. The second-order valence-corrected chi connectivity index (χ2v) is 7.03. The first-order valence-corrected chi connectivity index (χ1v) is 9.07. The van der Waals surface area contributed by atoms with Crippen LogP contribution in [0.3, 0.4) is 0 Å². The average molecular weight is 368 g/mol. The molecule has 9 heteroatoms. The number of pyridine rings is 1. The first-order chi connectivity index (χ1) is 12.2. The Morgan fingerprint density at radius 2 is 2.12 bits per heavy atom. The summed E-state index contributed by atoms with van der Waals surface area (Å²) in [6.07, 6.45) is 1.67. The first kappa shape index (κ1) is 15.6. The zero-order chi connectivity index (χ0) is 17.2. The molecule has 4 heterocycles. The molecule has 0 fully saturated rings. The maximum atomic E-state index is 12.5. The average Bonchev–Trinajstić information content (AvgIpc) is 3.35. The van der Waals surface area contributed by atoms with E-state index in [0.717, 1.165) is 9.88 Å². The van der Waals surface area contributed by atoms with Crippen LogP contribution >= 0.6 is 22.7 Å². The van der Waals surface area contributed by atoms with E-state index in [-0.39, 0.29) is 11.9 Å². The third-order valence-electron chi connectivity index (χ3n) is 3.35. The number of aromatic nitrogens is 5. The molecule has 0 aromatic carbocycles. The van der Waals surface area contributed by atoms with Crippen molar-refractivity contribution in [2.24, 2.45) is 0 Å². The third kappa shape index (κ3) is 3.19. The highest BCUT2D eigenvalue weighted by molar-refractivity contribution is 7.22. The summed E-state index contributed by atoms with van der Waals surface area (Å²) >= 11 is 2.95. The second kappa shape index (κ2) is 6.54. The molecule has 124 valence electrons. The van der Waals surface area contributed by atoms with Gasteiger partial charge in [-0.05, 0) is 30.5 Å². The number of hydrogen-bond donors (Lipinski definition) is 2. The minimum atomic E-state index is -0.274. The number of carbonyl (C=O) groups is 1. The van der Waals surface area contributed by atoms with Gasteiger partial charge in [-0.2, -0.15) is 4.98 Å². The van der Waals surface area contributed by atoms with Gasteiger partial charge in [-0.25, -0.2) is 4.98 Å². The van der Waals surface area contributed by atoms with E-state index in [9.17, 15) is 4.79 Å². The van der Waals surface area contributed by atoms with Crippen LogP contribution < -0.4 is 5.32 Å². The first-order valence-electron chi connectivity index (χ1n) is 7.37. The molecule has 0 spiro atoms. The van der Waals surface area contributed by atoms with Gasteiger partial charge in [0.1, 0.15) is 15.6 Å².